The third kappa shape index (κ3) is 4.31. The molecule has 0 spiro atoms. The van der Waals surface area contributed by atoms with Crippen LogP contribution in [0.25, 0.3) is 0 Å². The molecule has 0 bridgehead atoms. The first-order valence-corrected chi connectivity index (χ1v) is 5.84. The topological polar surface area (TPSA) is 15.3 Å². The number of benzene rings is 1. The zero-order valence-electron chi connectivity index (χ0n) is 10.9. The molecule has 0 fully saturated rings. The van der Waals surface area contributed by atoms with Crippen LogP contribution in [-0.4, -0.2) is 32.1 Å². The van der Waals surface area contributed by atoms with Crippen molar-refractivity contribution in [1.29, 1.82) is 0 Å². The normalized spacial score (nSPS) is 12.2. The minimum Gasteiger partial charge on any atom is -0.318 e. The van der Waals surface area contributed by atoms with Crippen molar-refractivity contribution >= 4 is 0 Å². The first-order valence-electron chi connectivity index (χ1n) is 5.84. The molecule has 0 unspecified atom stereocenters. The fraction of sp³-hybridized carbons (Fsp3) is 0.538. The molecule has 5 heteroatoms. The molecule has 2 nitrogen and oxygen atoms in total. The molecule has 0 aliphatic heterocycles. The van der Waals surface area contributed by atoms with Crippen molar-refractivity contribution in [3.8, 4) is 0 Å². The Labute approximate surface area is 106 Å². The lowest BCUT2D eigenvalue weighted by Gasteiger charge is -2.18. The molecule has 0 aliphatic rings. The van der Waals surface area contributed by atoms with Gasteiger partial charge >= 0.3 is 6.18 Å². The monoisotopic (exact) mass is 260 g/mol. The summed E-state index contributed by atoms with van der Waals surface area (Å²) in [5.41, 5.74) is 1.03. The smallest absolute Gasteiger partial charge is 0.318 e. The van der Waals surface area contributed by atoms with Crippen LogP contribution in [0.15, 0.2) is 18.2 Å². The number of aryl methyl sites for hydroxylation is 1. The first kappa shape index (κ1) is 15.0. The molecule has 0 saturated carbocycles. The molecule has 1 aromatic rings. The highest BCUT2D eigenvalue weighted by Gasteiger charge is 2.30. The van der Waals surface area contributed by atoms with E-state index in [2.05, 4.69) is 10.2 Å². The maximum atomic E-state index is 12.5. The molecule has 102 valence electrons. The number of halogens is 3. The zero-order valence-corrected chi connectivity index (χ0v) is 10.9. The number of hydrogen-bond donors (Lipinski definition) is 1. The van der Waals surface area contributed by atoms with E-state index in [0.29, 0.717) is 12.1 Å². The number of nitrogens with zero attached hydrogens (tertiary/aromatic N) is 1. The Morgan fingerprint density at radius 3 is 2.44 bits per heavy atom. The average molecular weight is 260 g/mol. The Balaban J connectivity index is 2.74. The molecule has 18 heavy (non-hydrogen) atoms. The van der Waals surface area contributed by atoms with Gasteiger partial charge in [-0.15, -0.1) is 0 Å². The Morgan fingerprint density at radius 2 is 1.94 bits per heavy atom. The molecule has 0 aromatic heterocycles. The van der Waals surface area contributed by atoms with Crippen molar-refractivity contribution < 1.29 is 13.2 Å². The Hall–Kier alpha value is -1.07. The highest BCUT2D eigenvalue weighted by Crippen LogP contribution is 2.30. The van der Waals surface area contributed by atoms with Crippen LogP contribution in [0.2, 0.25) is 0 Å². The summed E-state index contributed by atoms with van der Waals surface area (Å²) in [6, 6.07) is 3.92. The summed E-state index contributed by atoms with van der Waals surface area (Å²) < 4.78 is 37.5. The molecular formula is C13H19F3N2. The van der Waals surface area contributed by atoms with Crippen LogP contribution in [0.4, 0.5) is 13.2 Å². The van der Waals surface area contributed by atoms with Gasteiger partial charge in [0.1, 0.15) is 0 Å². The number of nitrogens with one attached hydrogen (secondary N) is 1. The number of rotatable bonds is 5. The molecule has 0 amide bonds. The van der Waals surface area contributed by atoms with Gasteiger partial charge in [0.15, 0.2) is 0 Å². The predicted molar refractivity (Wildman–Crippen MR) is 66.4 cm³/mol. The molecular weight excluding hydrogens is 241 g/mol. The second-order valence-corrected chi connectivity index (χ2v) is 4.48. The van der Waals surface area contributed by atoms with Gasteiger partial charge in [0, 0.05) is 19.6 Å². The van der Waals surface area contributed by atoms with Crippen molar-refractivity contribution in [3.63, 3.8) is 0 Å². The van der Waals surface area contributed by atoms with E-state index < -0.39 is 11.7 Å². The summed E-state index contributed by atoms with van der Waals surface area (Å²) >= 11 is 0. The fourth-order valence-corrected chi connectivity index (χ4v) is 1.72. The third-order valence-electron chi connectivity index (χ3n) is 2.85. The van der Waals surface area contributed by atoms with Gasteiger partial charge in [-0.25, -0.2) is 0 Å². The fourth-order valence-electron chi connectivity index (χ4n) is 1.72. The van der Waals surface area contributed by atoms with Crippen LogP contribution >= 0.6 is 0 Å². The van der Waals surface area contributed by atoms with Crippen LogP contribution in [0.5, 0.6) is 0 Å². The van der Waals surface area contributed by atoms with E-state index in [0.717, 1.165) is 24.7 Å². The maximum Gasteiger partial charge on any atom is 0.416 e. The van der Waals surface area contributed by atoms with Gasteiger partial charge < -0.3 is 10.2 Å². The van der Waals surface area contributed by atoms with Crippen molar-refractivity contribution in [2.45, 2.75) is 19.6 Å². The van der Waals surface area contributed by atoms with Gasteiger partial charge in [0.25, 0.3) is 0 Å². The van der Waals surface area contributed by atoms with Crippen molar-refractivity contribution in [3.05, 3.63) is 34.9 Å². The minimum absolute atomic E-state index is 0.582. The van der Waals surface area contributed by atoms with Crippen molar-refractivity contribution in [2.75, 3.05) is 27.2 Å². The first-order chi connectivity index (χ1) is 8.34. The quantitative estimate of drug-likeness (QED) is 0.875. The van der Waals surface area contributed by atoms with Gasteiger partial charge in [0.2, 0.25) is 0 Å². The lowest BCUT2D eigenvalue weighted by Crippen LogP contribution is -2.27. The van der Waals surface area contributed by atoms with Crippen molar-refractivity contribution in [1.82, 2.24) is 10.2 Å². The summed E-state index contributed by atoms with van der Waals surface area (Å²) in [5, 5.41) is 3.04. The number of alkyl halides is 3. The van der Waals surface area contributed by atoms with Crippen LogP contribution in [-0.2, 0) is 12.7 Å². The van der Waals surface area contributed by atoms with Gasteiger partial charge in [-0.3, -0.25) is 0 Å². The summed E-state index contributed by atoms with van der Waals surface area (Å²) in [7, 11) is 3.83. The molecule has 0 aliphatic carbocycles. The van der Waals surface area contributed by atoms with Gasteiger partial charge in [-0.1, -0.05) is 6.07 Å². The molecule has 0 radical (unpaired) electrons. The molecule has 0 atom stereocenters. The van der Waals surface area contributed by atoms with Gasteiger partial charge in [-0.05, 0) is 44.3 Å². The van der Waals surface area contributed by atoms with Gasteiger partial charge in [-0.2, -0.15) is 13.2 Å². The largest absolute Gasteiger partial charge is 0.416 e. The predicted octanol–water partition coefficient (Wildman–Crippen LogP) is 2.67. The minimum atomic E-state index is -4.26. The van der Waals surface area contributed by atoms with E-state index in [1.54, 1.807) is 13.0 Å². The van der Waals surface area contributed by atoms with Gasteiger partial charge in [0.05, 0.1) is 5.56 Å². The summed E-state index contributed by atoms with van der Waals surface area (Å²) in [6.07, 6.45) is -4.26. The van der Waals surface area contributed by atoms with E-state index in [-0.39, 0.29) is 0 Å². The molecule has 0 heterocycles. The van der Waals surface area contributed by atoms with Crippen LogP contribution in [0, 0.1) is 6.92 Å². The Morgan fingerprint density at radius 1 is 1.28 bits per heavy atom. The zero-order chi connectivity index (χ0) is 13.8. The Kier molecular flexibility index (Phi) is 5.16. The average Bonchev–Trinajstić information content (AvgIpc) is 2.27. The standard InChI is InChI=1S/C13H19F3N2/c1-10-8-12(13(14,15)16)5-4-11(10)9-18(3)7-6-17-2/h4-5,8,17H,6-7,9H2,1-3H3. The lowest BCUT2D eigenvalue weighted by atomic mass is 10.0. The van der Waals surface area contributed by atoms with E-state index in [1.165, 1.54) is 6.07 Å². The Bertz CT molecular complexity index is 388. The lowest BCUT2D eigenvalue weighted by molar-refractivity contribution is -0.137. The highest BCUT2D eigenvalue weighted by molar-refractivity contribution is 5.32. The number of hydrogen-bond acceptors (Lipinski definition) is 2. The summed E-state index contributed by atoms with van der Waals surface area (Å²) in [4.78, 5) is 2.08. The van der Waals surface area contributed by atoms with Crippen LogP contribution < -0.4 is 5.32 Å². The number of likely N-dealkylation sites (N-methyl/N-ethyl adjacent to an activating group) is 2. The summed E-state index contributed by atoms with van der Waals surface area (Å²) in [6.45, 7) is 4.09. The highest BCUT2D eigenvalue weighted by atomic mass is 19.4. The van der Waals surface area contributed by atoms with Crippen molar-refractivity contribution in [2.24, 2.45) is 0 Å². The maximum absolute atomic E-state index is 12.5. The summed E-state index contributed by atoms with van der Waals surface area (Å²) in [5.74, 6) is 0. The SMILES string of the molecule is CNCCN(C)Cc1ccc(C(F)(F)F)cc1C. The molecule has 1 N–H and O–H groups in total. The second-order valence-electron chi connectivity index (χ2n) is 4.48. The van der Waals surface area contributed by atoms with E-state index in [9.17, 15) is 13.2 Å². The van der Waals surface area contributed by atoms with E-state index in [4.69, 9.17) is 0 Å². The molecule has 1 rings (SSSR count). The molecule has 0 saturated heterocycles. The van der Waals surface area contributed by atoms with Crippen LogP contribution in [0.1, 0.15) is 16.7 Å². The van der Waals surface area contributed by atoms with E-state index >= 15 is 0 Å². The second kappa shape index (κ2) is 6.20. The molecule has 1 aromatic carbocycles. The van der Waals surface area contributed by atoms with E-state index in [1.807, 2.05) is 14.1 Å². The van der Waals surface area contributed by atoms with Crippen LogP contribution in [0.3, 0.4) is 0 Å². The third-order valence-corrected chi connectivity index (χ3v) is 2.85.